The van der Waals surface area contributed by atoms with Gasteiger partial charge in [0.15, 0.2) is 0 Å². The first kappa shape index (κ1) is 11.1. The second-order valence-electron chi connectivity index (χ2n) is 4.24. The number of nitrogens with zero attached hydrogens (tertiary/aromatic N) is 1. The van der Waals surface area contributed by atoms with Crippen LogP contribution in [0.5, 0.6) is 0 Å². The summed E-state index contributed by atoms with van der Waals surface area (Å²) in [5.41, 5.74) is 0.910. The number of likely N-dealkylation sites (tertiary alicyclic amines) is 1. The zero-order valence-corrected chi connectivity index (χ0v) is 9.11. The number of aliphatic hydroxyl groups is 1. The van der Waals surface area contributed by atoms with Crippen LogP contribution in [0.2, 0.25) is 0 Å². The van der Waals surface area contributed by atoms with Gasteiger partial charge in [-0.25, -0.2) is 4.39 Å². The van der Waals surface area contributed by atoms with Gasteiger partial charge in [-0.15, -0.1) is 0 Å². The Morgan fingerprint density at radius 2 is 2.25 bits per heavy atom. The molecule has 0 atom stereocenters. The molecule has 1 N–H and O–H groups in total. The summed E-state index contributed by atoms with van der Waals surface area (Å²) in [5.74, 6) is -0.614. The molecule has 1 aromatic carbocycles. The number of amides is 1. The van der Waals surface area contributed by atoms with Gasteiger partial charge in [0.05, 0.1) is 5.56 Å². The summed E-state index contributed by atoms with van der Waals surface area (Å²) in [6.07, 6.45) is 0. The molecule has 0 aliphatic carbocycles. The average Bonchev–Trinajstić information content (AvgIpc) is 2.15. The summed E-state index contributed by atoms with van der Waals surface area (Å²) < 4.78 is 13.5. The lowest BCUT2D eigenvalue weighted by molar-refractivity contribution is 0.0358. The summed E-state index contributed by atoms with van der Waals surface area (Å²) in [7, 11) is 0. The minimum Gasteiger partial charge on any atom is -0.396 e. The van der Waals surface area contributed by atoms with Gasteiger partial charge in [0, 0.05) is 25.6 Å². The van der Waals surface area contributed by atoms with Crippen molar-refractivity contribution in [3.8, 4) is 0 Å². The van der Waals surface area contributed by atoms with E-state index in [1.54, 1.807) is 17.9 Å². The number of hydrogen-bond acceptors (Lipinski definition) is 2. The molecule has 1 amide bonds. The predicted molar refractivity (Wildman–Crippen MR) is 57.6 cm³/mol. The van der Waals surface area contributed by atoms with E-state index in [1.807, 2.05) is 0 Å². The molecular formula is C12H14FNO2. The smallest absolute Gasteiger partial charge is 0.256 e. The third-order valence-corrected chi connectivity index (χ3v) is 2.86. The highest BCUT2D eigenvalue weighted by Crippen LogP contribution is 2.20. The van der Waals surface area contributed by atoms with Crippen LogP contribution in [-0.4, -0.2) is 35.6 Å². The maximum atomic E-state index is 13.5. The van der Waals surface area contributed by atoms with Crippen LogP contribution < -0.4 is 0 Å². The van der Waals surface area contributed by atoms with Crippen molar-refractivity contribution in [2.45, 2.75) is 6.92 Å². The first-order valence-corrected chi connectivity index (χ1v) is 5.28. The van der Waals surface area contributed by atoms with Gasteiger partial charge in [-0.1, -0.05) is 6.07 Å². The van der Waals surface area contributed by atoms with Crippen LogP contribution in [0.15, 0.2) is 18.2 Å². The Morgan fingerprint density at radius 3 is 2.81 bits per heavy atom. The van der Waals surface area contributed by atoms with Gasteiger partial charge in [-0.05, 0) is 24.6 Å². The van der Waals surface area contributed by atoms with Crippen molar-refractivity contribution in [3.05, 3.63) is 35.1 Å². The summed E-state index contributed by atoms with van der Waals surface area (Å²) >= 11 is 0. The molecule has 16 heavy (non-hydrogen) atoms. The van der Waals surface area contributed by atoms with Crippen LogP contribution in [0.25, 0.3) is 0 Å². The van der Waals surface area contributed by atoms with Crippen molar-refractivity contribution >= 4 is 5.91 Å². The maximum Gasteiger partial charge on any atom is 0.256 e. The van der Waals surface area contributed by atoms with E-state index in [2.05, 4.69) is 0 Å². The molecule has 1 aromatic rings. The van der Waals surface area contributed by atoms with Crippen molar-refractivity contribution < 1.29 is 14.3 Å². The molecule has 86 valence electrons. The van der Waals surface area contributed by atoms with Gasteiger partial charge in [0.2, 0.25) is 0 Å². The first-order chi connectivity index (χ1) is 7.61. The lowest BCUT2D eigenvalue weighted by atomic mass is 9.99. The van der Waals surface area contributed by atoms with E-state index < -0.39 is 5.82 Å². The Kier molecular flexibility index (Phi) is 2.92. The molecular weight excluding hydrogens is 209 g/mol. The summed E-state index contributed by atoms with van der Waals surface area (Å²) in [5, 5.41) is 8.84. The van der Waals surface area contributed by atoms with Crippen LogP contribution in [0, 0.1) is 18.7 Å². The van der Waals surface area contributed by atoms with Crippen LogP contribution in [0.3, 0.4) is 0 Å². The topological polar surface area (TPSA) is 40.5 Å². The highest BCUT2D eigenvalue weighted by molar-refractivity contribution is 5.95. The predicted octanol–water partition coefficient (Wildman–Crippen LogP) is 1.20. The van der Waals surface area contributed by atoms with E-state index in [4.69, 9.17) is 5.11 Å². The van der Waals surface area contributed by atoms with E-state index >= 15 is 0 Å². The van der Waals surface area contributed by atoms with Gasteiger partial charge >= 0.3 is 0 Å². The fourth-order valence-electron chi connectivity index (χ4n) is 1.82. The van der Waals surface area contributed by atoms with Crippen molar-refractivity contribution in [2.24, 2.45) is 5.92 Å². The maximum absolute atomic E-state index is 13.5. The second-order valence-corrected chi connectivity index (χ2v) is 4.24. The van der Waals surface area contributed by atoms with Crippen LogP contribution in [-0.2, 0) is 0 Å². The van der Waals surface area contributed by atoms with E-state index in [0.29, 0.717) is 13.1 Å². The quantitative estimate of drug-likeness (QED) is 0.818. The van der Waals surface area contributed by atoms with E-state index in [0.717, 1.165) is 5.56 Å². The molecule has 2 rings (SSSR count). The van der Waals surface area contributed by atoms with Crippen molar-refractivity contribution in [3.63, 3.8) is 0 Å². The molecule has 1 saturated heterocycles. The Bertz CT molecular complexity index is 413. The van der Waals surface area contributed by atoms with Crippen molar-refractivity contribution in [1.82, 2.24) is 4.90 Å². The number of rotatable bonds is 2. The highest BCUT2D eigenvalue weighted by atomic mass is 19.1. The van der Waals surface area contributed by atoms with E-state index in [1.165, 1.54) is 12.1 Å². The number of benzene rings is 1. The molecule has 1 heterocycles. The Balaban J connectivity index is 2.10. The molecule has 0 aromatic heterocycles. The fraction of sp³-hybridized carbons (Fsp3) is 0.417. The fourth-order valence-corrected chi connectivity index (χ4v) is 1.82. The van der Waals surface area contributed by atoms with E-state index in [-0.39, 0.29) is 24.0 Å². The molecule has 0 radical (unpaired) electrons. The zero-order valence-electron chi connectivity index (χ0n) is 9.11. The standard InChI is InChI=1S/C12H14FNO2/c1-8-2-3-10(11(13)4-8)12(16)14-5-9(6-14)7-15/h2-4,9,15H,5-7H2,1H3. The van der Waals surface area contributed by atoms with Crippen LogP contribution in [0.1, 0.15) is 15.9 Å². The minimum atomic E-state index is -0.475. The van der Waals surface area contributed by atoms with Crippen molar-refractivity contribution in [1.29, 1.82) is 0 Å². The molecule has 3 nitrogen and oxygen atoms in total. The lowest BCUT2D eigenvalue weighted by Crippen LogP contribution is -2.51. The lowest BCUT2D eigenvalue weighted by Gasteiger charge is -2.38. The van der Waals surface area contributed by atoms with Crippen LogP contribution in [0.4, 0.5) is 4.39 Å². The number of aliphatic hydroxyl groups excluding tert-OH is 1. The molecule has 0 spiro atoms. The largest absolute Gasteiger partial charge is 0.396 e. The molecule has 0 saturated carbocycles. The first-order valence-electron chi connectivity index (χ1n) is 5.28. The number of hydrogen-bond donors (Lipinski definition) is 1. The van der Waals surface area contributed by atoms with Crippen molar-refractivity contribution in [2.75, 3.05) is 19.7 Å². The molecule has 1 aliphatic rings. The van der Waals surface area contributed by atoms with Crippen LogP contribution >= 0.6 is 0 Å². The molecule has 1 fully saturated rings. The van der Waals surface area contributed by atoms with Gasteiger partial charge < -0.3 is 10.0 Å². The van der Waals surface area contributed by atoms with Gasteiger partial charge in [-0.3, -0.25) is 4.79 Å². The summed E-state index contributed by atoms with van der Waals surface area (Å²) in [6.45, 7) is 2.90. The number of carbonyl (C=O) groups is 1. The molecule has 0 unspecified atom stereocenters. The van der Waals surface area contributed by atoms with Gasteiger partial charge in [0.25, 0.3) is 5.91 Å². The number of halogens is 1. The SMILES string of the molecule is Cc1ccc(C(=O)N2CC(CO)C2)c(F)c1. The third kappa shape index (κ3) is 1.93. The molecule has 4 heteroatoms. The highest BCUT2D eigenvalue weighted by Gasteiger charge is 2.31. The summed E-state index contributed by atoms with van der Waals surface area (Å²) in [4.78, 5) is 13.4. The number of carbonyl (C=O) groups excluding carboxylic acids is 1. The third-order valence-electron chi connectivity index (χ3n) is 2.86. The van der Waals surface area contributed by atoms with E-state index in [9.17, 15) is 9.18 Å². The molecule has 0 bridgehead atoms. The monoisotopic (exact) mass is 223 g/mol. The van der Waals surface area contributed by atoms with Gasteiger partial charge in [-0.2, -0.15) is 0 Å². The second kappa shape index (κ2) is 4.22. The zero-order chi connectivity index (χ0) is 11.7. The minimum absolute atomic E-state index is 0.0835. The Labute approximate surface area is 93.5 Å². The number of aryl methyl sites for hydroxylation is 1. The Morgan fingerprint density at radius 1 is 1.56 bits per heavy atom. The summed E-state index contributed by atoms with van der Waals surface area (Å²) in [6, 6.07) is 4.59. The van der Waals surface area contributed by atoms with Gasteiger partial charge in [0.1, 0.15) is 5.82 Å². The average molecular weight is 223 g/mol. The normalized spacial score (nSPS) is 16.1. The molecule has 1 aliphatic heterocycles. The Hall–Kier alpha value is -1.42.